The first-order valence-corrected chi connectivity index (χ1v) is 10.6. The Hall–Kier alpha value is -3.33. The van der Waals surface area contributed by atoms with Gasteiger partial charge >= 0.3 is 6.18 Å². The van der Waals surface area contributed by atoms with Crippen LogP contribution in [0.3, 0.4) is 0 Å². The number of likely N-dealkylation sites (tertiary alicyclic amines) is 1. The van der Waals surface area contributed by atoms with Gasteiger partial charge in [0.1, 0.15) is 5.52 Å². The lowest BCUT2D eigenvalue weighted by atomic mass is 10.1. The second-order valence-corrected chi connectivity index (χ2v) is 8.42. The molecule has 6 nitrogen and oxygen atoms in total. The van der Waals surface area contributed by atoms with Crippen molar-refractivity contribution < 1.29 is 22.4 Å². The Balaban J connectivity index is 1.38. The van der Waals surface area contributed by atoms with Crippen molar-refractivity contribution in [2.24, 2.45) is 5.92 Å². The summed E-state index contributed by atoms with van der Waals surface area (Å²) in [5.41, 5.74) is 1.56. The average molecular weight is 458 g/mol. The third kappa shape index (κ3) is 5.73. The summed E-state index contributed by atoms with van der Waals surface area (Å²) in [6.45, 7) is 3.01. The van der Waals surface area contributed by atoms with Gasteiger partial charge in [-0.15, -0.1) is 0 Å². The zero-order valence-electron chi connectivity index (χ0n) is 18.4. The van der Waals surface area contributed by atoms with Crippen molar-refractivity contribution >= 4 is 34.8 Å². The van der Waals surface area contributed by atoms with Gasteiger partial charge in [0.05, 0.1) is 5.56 Å². The topological polar surface area (TPSA) is 61.6 Å². The number of anilines is 2. The van der Waals surface area contributed by atoms with E-state index in [1.165, 1.54) is 24.3 Å². The van der Waals surface area contributed by atoms with E-state index in [2.05, 4.69) is 22.2 Å². The van der Waals surface area contributed by atoms with Gasteiger partial charge in [-0.3, -0.25) is 4.79 Å². The molecule has 3 aromatic rings. The van der Waals surface area contributed by atoms with Gasteiger partial charge in [0.2, 0.25) is 5.91 Å². The molecule has 0 aliphatic carbocycles. The van der Waals surface area contributed by atoms with E-state index in [9.17, 15) is 18.0 Å². The van der Waals surface area contributed by atoms with Gasteiger partial charge in [-0.05, 0) is 67.9 Å². The van der Waals surface area contributed by atoms with Gasteiger partial charge in [-0.1, -0.05) is 12.1 Å². The summed E-state index contributed by atoms with van der Waals surface area (Å²) in [6, 6.07) is 10.3. The van der Waals surface area contributed by atoms with Crippen molar-refractivity contribution in [2.75, 3.05) is 43.9 Å². The van der Waals surface area contributed by atoms with Crippen LogP contribution < -0.4 is 10.2 Å². The summed E-state index contributed by atoms with van der Waals surface area (Å²) in [5, 5.41) is 2.74. The third-order valence-corrected chi connectivity index (χ3v) is 5.66. The number of alkyl halides is 3. The molecule has 2 heterocycles. The van der Waals surface area contributed by atoms with Crippen LogP contribution in [0.4, 0.5) is 24.9 Å². The molecule has 1 atom stereocenters. The van der Waals surface area contributed by atoms with E-state index < -0.39 is 17.6 Å². The van der Waals surface area contributed by atoms with Crippen LogP contribution >= 0.6 is 0 Å². The second kappa shape index (κ2) is 9.27. The zero-order valence-corrected chi connectivity index (χ0v) is 18.4. The third-order valence-electron chi connectivity index (χ3n) is 5.66. The largest absolute Gasteiger partial charge is 0.423 e. The summed E-state index contributed by atoms with van der Waals surface area (Å²) >= 11 is 0. The van der Waals surface area contributed by atoms with Gasteiger partial charge in [-0.2, -0.15) is 18.2 Å². The molecule has 174 valence electrons. The van der Waals surface area contributed by atoms with Gasteiger partial charge in [0, 0.05) is 31.9 Å². The van der Waals surface area contributed by atoms with Crippen molar-refractivity contribution in [1.29, 1.82) is 0 Å². The van der Waals surface area contributed by atoms with Gasteiger partial charge in [-0.25, -0.2) is 0 Å². The minimum Gasteiger partial charge on any atom is -0.423 e. The standard InChI is InChI=1S/C24H25F3N4O2/c1-30-12-11-17(14-30)15-31(2)23-29-20-13-19(8-9-21(20)33-23)28-22(32)10-5-16-3-6-18(7-4-16)24(25,26)27/h3-10,13,17H,11-12,14-15H2,1-2H3,(H,28,32)/b10-5+. The van der Waals surface area contributed by atoms with E-state index in [-0.39, 0.29) is 0 Å². The number of hydrogen-bond acceptors (Lipinski definition) is 5. The molecule has 1 saturated heterocycles. The highest BCUT2D eigenvalue weighted by atomic mass is 19.4. The number of nitrogens with zero attached hydrogens (tertiary/aromatic N) is 3. The summed E-state index contributed by atoms with van der Waals surface area (Å²) in [4.78, 5) is 21.1. The van der Waals surface area contributed by atoms with E-state index in [1.807, 2.05) is 11.9 Å². The fourth-order valence-corrected chi connectivity index (χ4v) is 3.94. The van der Waals surface area contributed by atoms with Crippen LogP contribution in [-0.4, -0.2) is 49.5 Å². The van der Waals surface area contributed by atoms with Gasteiger partial charge in [0.15, 0.2) is 5.58 Å². The molecule has 1 fully saturated rings. The molecule has 0 spiro atoms. The van der Waals surface area contributed by atoms with Crippen molar-refractivity contribution in [3.8, 4) is 0 Å². The number of halogens is 3. The first-order chi connectivity index (χ1) is 15.7. The maximum Gasteiger partial charge on any atom is 0.416 e. The van der Waals surface area contributed by atoms with Gasteiger partial charge in [0.25, 0.3) is 6.01 Å². The lowest BCUT2D eigenvalue weighted by Gasteiger charge is -2.18. The van der Waals surface area contributed by atoms with E-state index >= 15 is 0 Å². The fourth-order valence-electron chi connectivity index (χ4n) is 3.94. The number of amides is 1. The van der Waals surface area contributed by atoms with E-state index in [4.69, 9.17) is 4.42 Å². The van der Waals surface area contributed by atoms with Crippen molar-refractivity contribution in [3.05, 3.63) is 59.7 Å². The maximum atomic E-state index is 12.6. The molecule has 9 heteroatoms. The molecule has 1 N–H and O–H groups in total. The number of rotatable bonds is 6. The van der Waals surface area contributed by atoms with Crippen molar-refractivity contribution in [2.45, 2.75) is 12.6 Å². The number of benzene rings is 2. The number of fused-ring (bicyclic) bond motifs is 1. The summed E-state index contributed by atoms with van der Waals surface area (Å²) in [5.74, 6) is 0.168. The zero-order chi connectivity index (χ0) is 23.6. The normalized spacial score (nSPS) is 17.2. The molecule has 1 amide bonds. The lowest BCUT2D eigenvalue weighted by Crippen LogP contribution is -2.27. The SMILES string of the molecule is CN1CCC(CN(C)c2nc3cc(NC(=O)/C=C/c4ccc(C(F)(F)F)cc4)ccc3o2)C1. The summed E-state index contributed by atoms with van der Waals surface area (Å²) < 4.78 is 43.8. The number of aromatic nitrogens is 1. The molecule has 0 saturated carbocycles. The molecule has 0 bridgehead atoms. The Morgan fingerprint density at radius 1 is 1.27 bits per heavy atom. The highest BCUT2D eigenvalue weighted by Gasteiger charge is 2.29. The average Bonchev–Trinajstić information content (AvgIpc) is 3.37. The van der Waals surface area contributed by atoms with Gasteiger partial charge < -0.3 is 19.5 Å². The summed E-state index contributed by atoms with van der Waals surface area (Å²) in [6.07, 6.45) is -0.510. The van der Waals surface area contributed by atoms with Crippen molar-refractivity contribution in [1.82, 2.24) is 9.88 Å². The summed E-state index contributed by atoms with van der Waals surface area (Å²) in [7, 11) is 4.08. The molecular formula is C24H25F3N4O2. The van der Waals surface area contributed by atoms with Crippen LogP contribution in [-0.2, 0) is 11.0 Å². The number of carbonyl (C=O) groups excluding carboxylic acids is 1. The minimum atomic E-state index is -4.39. The molecule has 0 radical (unpaired) electrons. The van der Waals surface area contributed by atoms with Crippen LogP contribution in [0.2, 0.25) is 0 Å². The Labute approximate surface area is 189 Å². The van der Waals surface area contributed by atoms with Crippen LogP contribution in [0, 0.1) is 5.92 Å². The first-order valence-electron chi connectivity index (χ1n) is 10.6. The predicted molar refractivity (Wildman–Crippen MR) is 122 cm³/mol. The Kier molecular flexibility index (Phi) is 6.42. The lowest BCUT2D eigenvalue weighted by molar-refractivity contribution is -0.137. The molecule has 33 heavy (non-hydrogen) atoms. The Morgan fingerprint density at radius 3 is 2.70 bits per heavy atom. The number of hydrogen-bond donors (Lipinski definition) is 1. The second-order valence-electron chi connectivity index (χ2n) is 8.42. The smallest absolute Gasteiger partial charge is 0.416 e. The van der Waals surface area contributed by atoms with E-state index in [1.54, 1.807) is 18.2 Å². The van der Waals surface area contributed by atoms with E-state index in [0.29, 0.717) is 34.3 Å². The Bertz CT molecular complexity index is 1150. The molecule has 4 rings (SSSR count). The van der Waals surface area contributed by atoms with Crippen LogP contribution in [0.5, 0.6) is 0 Å². The number of carbonyl (C=O) groups is 1. The number of nitrogens with one attached hydrogen (secondary N) is 1. The predicted octanol–water partition coefficient (Wildman–Crippen LogP) is 4.89. The quantitative estimate of drug-likeness (QED) is 0.533. The number of oxazole rings is 1. The fraction of sp³-hybridized carbons (Fsp3) is 0.333. The molecule has 1 aromatic heterocycles. The molecule has 1 aliphatic rings. The van der Waals surface area contributed by atoms with E-state index in [0.717, 1.165) is 38.2 Å². The minimum absolute atomic E-state index is 0.402. The first kappa shape index (κ1) is 22.8. The van der Waals surface area contributed by atoms with Crippen LogP contribution in [0.25, 0.3) is 17.2 Å². The molecular weight excluding hydrogens is 433 g/mol. The molecule has 1 aliphatic heterocycles. The van der Waals surface area contributed by atoms with Crippen LogP contribution in [0.1, 0.15) is 17.5 Å². The van der Waals surface area contributed by atoms with Crippen molar-refractivity contribution in [3.63, 3.8) is 0 Å². The Morgan fingerprint density at radius 2 is 2.03 bits per heavy atom. The molecule has 1 unspecified atom stereocenters. The maximum absolute atomic E-state index is 12.6. The molecule has 2 aromatic carbocycles. The monoisotopic (exact) mass is 458 g/mol. The highest BCUT2D eigenvalue weighted by Crippen LogP contribution is 2.29. The van der Waals surface area contributed by atoms with Crippen LogP contribution in [0.15, 0.2) is 53.0 Å². The highest BCUT2D eigenvalue weighted by molar-refractivity contribution is 6.02.